The molecular formula is C15H17N3O3. The number of nitrogens with one attached hydrogen (secondary N) is 2. The van der Waals surface area contributed by atoms with E-state index < -0.39 is 5.41 Å². The highest BCUT2D eigenvalue weighted by Gasteiger charge is 2.40. The summed E-state index contributed by atoms with van der Waals surface area (Å²) in [4.78, 5) is 23.4. The molecule has 1 aliphatic heterocycles. The molecule has 0 unspecified atom stereocenters. The van der Waals surface area contributed by atoms with Crippen molar-refractivity contribution < 1.29 is 14.3 Å². The lowest BCUT2D eigenvalue weighted by molar-refractivity contribution is -0.126. The van der Waals surface area contributed by atoms with E-state index in [4.69, 9.17) is 4.74 Å². The van der Waals surface area contributed by atoms with Crippen LogP contribution in [0.15, 0.2) is 24.3 Å². The van der Waals surface area contributed by atoms with Crippen molar-refractivity contribution in [1.82, 2.24) is 0 Å². The van der Waals surface area contributed by atoms with Crippen molar-refractivity contribution in [3.05, 3.63) is 24.3 Å². The van der Waals surface area contributed by atoms with Crippen LogP contribution in [0.25, 0.3) is 0 Å². The number of hydrogen-bond donors (Lipinski definition) is 2. The fourth-order valence-electron chi connectivity index (χ4n) is 2.24. The van der Waals surface area contributed by atoms with Crippen molar-refractivity contribution in [2.24, 2.45) is 5.41 Å². The number of carbonyl (C=O) groups is 2. The van der Waals surface area contributed by atoms with E-state index in [0.29, 0.717) is 37.4 Å². The molecule has 110 valence electrons. The van der Waals surface area contributed by atoms with Crippen LogP contribution in [-0.2, 0) is 14.3 Å². The van der Waals surface area contributed by atoms with Gasteiger partial charge in [-0.25, -0.2) is 0 Å². The summed E-state index contributed by atoms with van der Waals surface area (Å²) < 4.78 is 5.21. The fourth-order valence-corrected chi connectivity index (χ4v) is 2.24. The number of amides is 2. The van der Waals surface area contributed by atoms with Gasteiger partial charge in [0.2, 0.25) is 11.8 Å². The fraction of sp³-hybridized carbons (Fsp3) is 0.400. The van der Waals surface area contributed by atoms with Gasteiger partial charge in [-0.2, -0.15) is 5.26 Å². The number of hydrogen-bond acceptors (Lipinski definition) is 4. The number of carbonyl (C=O) groups excluding carboxylic acids is 2. The normalized spacial score (nSPS) is 16.6. The van der Waals surface area contributed by atoms with E-state index in [0.717, 1.165) is 0 Å². The Morgan fingerprint density at radius 3 is 2.43 bits per heavy atom. The summed E-state index contributed by atoms with van der Waals surface area (Å²) >= 11 is 0. The highest BCUT2D eigenvalue weighted by Crippen LogP contribution is 2.31. The molecule has 0 atom stereocenters. The van der Waals surface area contributed by atoms with Crippen LogP contribution in [-0.4, -0.2) is 25.0 Å². The van der Waals surface area contributed by atoms with Crippen LogP contribution in [0, 0.1) is 16.7 Å². The summed E-state index contributed by atoms with van der Waals surface area (Å²) in [7, 11) is 0. The first-order valence-electron chi connectivity index (χ1n) is 6.74. The van der Waals surface area contributed by atoms with Crippen molar-refractivity contribution in [2.75, 3.05) is 23.8 Å². The molecule has 21 heavy (non-hydrogen) atoms. The van der Waals surface area contributed by atoms with E-state index >= 15 is 0 Å². The van der Waals surface area contributed by atoms with Gasteiger partial charge in [0, 0.05) is 31.5 Å². The first-order valence-corrected chi connectivity index (χ1v) is 6.74. The summed E-state index contributed by atoms with van der Waals surface area (Å²) in [6.07, 6.45) is 0.779. The average molecular weight is 287 g/mol. The van der Waals surface area contributed by atoms with Crippen LogP contribution in [0.5, 0.6) is 0 Å². The molecule has 0 bridgehead atoms. The Morgan fingerprint density at radius 2 is 1.86 bits per heavy atom. The van der Waals surface area contributed by atoms with Crippen LogP contribution in [0.3, 0.4) is 0 Å². The maximum atomic E-state index is 12.4. The molecule has 1 aliphatic rings. The Hall–Kier alpha value is -2.39. The number of nitrogens with zero attached hydrogens (tertiary/aromatic N) is 1. The third kappa shape index (κ3) is 3.58. The lowest BCUT2D eigenvalue weighted by Crippen LogP contribution is -2.39. The molecule has 0 spiro atoms. The molecule has 1 heterocycles. The van der Waals surface area contributed by atoms with Crippen molar-refractivity contribution >= 4 is 23.2 Å². The first kappa shape index (κ1) is 15.0. The topological polar surface area (TPSA) is 91.2 Å². The standard InChI is InChI=1S/C15H17N3O3/c1-11(19)17-12-3-2-4-13(9-12)18-14(20)15(10-16)5-7-21-8-6-15/h2-4,9H,5-8H2,1H3,(H,17,19)(H,18,20). The zero-order chi connectivity index (χ0) is 15.3. The minimum absolute atomic E-state index is 0.184. The minimum atomic E-state index is -1.04. The van der Waals surface area contributed by atoms with E-state index in [1.54, 1.807) is 24.3 Å². The average Bonchev–Trinajstić information content (AvgIpc) is 2.47. The van der Waals surface area contributed by atoms with E-state index in [2.05, 4.69) is 16.7 Å². The third-order valence-corrected chi connectivity index (χ3v) is 3.44. The van der Waals surface area contributed by atoms with Crippen molar-refractivity contribution in [3.8, 4) is 6.07 Å². The number of rotatable bonds is 3. The molecule has 1 saturated heterocycles. The van der Waals surface area contributed by atoms with Crippen LogP contribution < -0.4 is 10.6 Å². The predicted octanol–water partition coefficient (Wildman–Crippen LogP) is 1.90. The van der Waals surface area contributed by atoms with Gasteiger partial charge in [-0.1, -0.05) is 6.07 Å². The van der Waals surface area contributed by atoms with Crippen LogP contribution >= 0.6 is 0 Å². The molecule has 0 aromatic heterocycles. The summed E-state index contributed by atoms with van der Waals surface area (Å²) in [6.45, 7) is 2.23. The monoisotopic (exact) mass is 287 g/mol. The molecule has 1 aromatic rings. The van der Waals surface area contributed by atoms with Gasteiger partial charge in [-0.3, -0.25) is 9.59 Å². The maximum absolute atomic E-state index is 12.4. The zero-order valence-electron chi connectivity index (χ0n) is 11.8. The van der Waals surface area contributed by atoms with Crippen molar-refractivity contribution in [1.29, 1.82) is 5.26 Å². The third-order valence-electron chi connectivity index (χ3n) is 3.44. The Balaban J connectivity index is 2.12. The number of nitriles is 1. The highest BCUT2D eigenvalue weighted by atomic mass is 16.5. The smallest absolute Gasteiger partial charge is 0.245 e. The van der Waals surface area contributed by atoms with Gasteiger partial charge in [0.15, 0.2) is 0 Å². The van der Waals surface area contributed by atoms with Crippen LogP contribution in [0.1, 0.15) is 19.8 Å². The SMILES string of the molecule is CC(=O)Nc1cccc(NC(=O)C2(C#N)CCOCC2)c1. The van der Waals surface area contributed by atoms with Crippen molar-refractivity contribution in [3.63, 3.8) is 0 Å². The number of benzene rings is 1. The van der Waals surface area contributed by atoms with E-state index in [1.807, 2.05) is 0 Å². The molecule has 6 heteroatoms. The quantitative estimate of drug-likeness (QED) is 0.888. The van der Waals surface area contributed by atoms with Gasteiger partial charge in [-0.05, 0) is 31.0 Å². The summed E-state index contributed by atoms with van der Waals surface area (Å²) in [5.41, 5.74) is 0.105. The Bertz CT molecular complexity index is 586. The second-order valence-corrected chi connectivity index (χ2v) is 5.02. The Morgan fingerprint density at radius 1 is 1.24 bits per heavy atom. The van der Waals surface area contributed by atoms with Gasteiger partial charge in [0.1, 0.15) is 5.41 Å². The molecule has 1 aromatic carbocycles. The largest absolute Gasteiger partial charge is 0.381 e. The zero-order valence-corrected chi connectivity index (χ0v) is 11.8. The van der Waals surface area contributed by atoms with E-state index in [-0.39, 0.29) is 11.8 Å². The molecule has 0 saturated carbocycles. The Labute approximate surface area is 123 Å². The minimum Gasteiger partial charge on any atom is -0.381 e. The predicted molar refractivity (Wildman–Crippen MR) is 77.5 cm³/mol. The maximum Gasteiger partial charge on any atom is 0.245 e. The molecule has 0 aliphatic carbocycles. The van der Waals surface area contributed by atoms with Gasteiger partial charge in [0.25, 0.3) is 0 Å². The molecule has 2 amide bonds. The number of ether oxygens (including phenoxy) is 1. The Kier molecular flexibility index (Phi) is 4.55. The second-order valence-electron chi connectivity index (χ2n) is 5.02. The molecule has 6 nitrogen and oxygen atoms in total. The van der Waals surface area contributed by atoms with Gasteiger partial charge in [-0.15, -0.1) is 0 Å². The molecular weight excluding hydrogens is 270 g/mol. The van der Waals surface area contributed by atoms with E-state index in [1.165, 1.54) is 6.92 Å². The second kappa shape index (κ2) is 6.37. The summed E-state index contributed by atoms with van der Waals surface area (Å²) in [6, 6.07) is 8.95. The lowest BCUT2D eigenvalue weighted by atomic mass is 9.81. The lowest BCUT2D eigenvalue weighted by Gasteiger charge is -2.29. The summed E-state index contributed by atoms with van der Waals surface area (Å²) in [5, 5.41) is 14.7. The molecule has 0 radical (unpaired) electrons. The van der Waals surface area contributed by atoms with E-state index in [9.17, 15) is 14.9 Å². The molecule has 2 rings (SSSR count). The summed E-state index contributed by atoms with van der Waals surface area (Å²) in [5.74, 6) is -0.510. The van der Waals surface area contributed by atoms with Crippen molar-refractivity contribution in [2.45, 2.75) is 19.8 Å². The molecule has 2 N–H and O–H groups in total. The van der Waals surface area contributed by atoms with Gasteiger partial charge < -0.3 is 15.4 Å². The number of anilines is 2. The van der Waals surface area contributed by atoms with Gasteiger partial charge >= 0.3 is 0 Å². The van der Waals surface area contributed by atoms with Crippen LogP contribution in [0.2, 0.25) is 0 Å². The van der Waals surface area contributed by atoms with Gasteiger partial charge in [0.05, 0.1) is 6.07 Å². The van der Waals surface area contributed by atoms with Crippen LogP contribution in [0.4, 0.5) is 11.4 Å². The first-order chi connectivity index (χ1) is 10.1. The highest BCUT2D eigenvalue weighted by molar-refractivity contribution is 5.98. The molecule has 1 fully saturated rings.